The molecule has 25 heavy (non-hydrogen) atoms. The van der Waals surface area contributed by atoms with Crippen molar-refractivity contribution in [2.75, 3.05) is 20.3 Å². The highest BCUT2D eigenvalue weighted by molar-refractivity contribution is 5.79. The Hall–Kier alpha value is -2.50. The third kappa shape index (κ3) is 3.34. The number of methoxy groups -OCH3 is 1. The lowest BCUT2D eigenvalue weighted by Crippen LogP contribution is -2.40. The van der Waals surface area contributed by atoms with Crippen molar-refractivity contribution in [3.05, 3.63) is 42.5 Å². The van der Waals surface area contributed by atoms with Crippen molar-refractivity contribution in [1.82, 2.24) is 14.9 Å². The average molecular weight is 341 g/mol. The fourth-order valence-electron chi connectivity index (χ4n) is 3.48. The monoisotopic (exact) mass is 341 g/mol. The highest BCUT2D eigenvalue weighted by Crippen LogP contribution is 2.46. The number of hydrogen-bond donors (Lipinski definition) is 1. The van der Waals surface area contributed by atoms with E-state index in [2.05, 4.69) is 14.9 Å². The Kier molecular flexibility index (Phi) is 4.11. The Morgan fingerprint density at radius 2 is 2.36 bits per heavy atom. The fraction of sp³-hybridized carbons (Fsp3) is 0.474. The summed E-state index contributed by atoms with van der Waals surface area (Å²) in [7, 11) is 1.63. The van der Waals surface area contributed by atoms with Crippen LogP contribution in [0.3, 0.4) is 0 Å². The number of ether oxygens (including phenoxy) is 2. The SMILES string of the molecule is COc1cccc2c1OCC(C(=O)NCC1(Cn3ccnc3)CC1)C2. The Morgan fingerprint density at radius 1 is 1.48 bits per heavy atom. The van der Waals surface area contributed by atoms with Gasteiger partial charge in [-0.3, -0.25) is 4.79 Å². The van der Waals surface area contributed by atoms with Crippen LogP contribution in [-0.4, -0.2) is 35.7 Å². The minimum atomic E-state index is -0.149. The van der Waals surface area contributed by atoms with Crippen molar-refractivity contribution < 1.29 is 14.3 Å². The van der Waals surface area contributed by atoms with Gasteiger partial charge in [-0.05, 0) is 30.9 Å². The van der Waals surface area contributed by atoms with Gasteiger partial charge < -0.3 is 19.4 Å². The highest BCUT2D eigenvalue weighted by atomic mass is 16.5. The molecule has 2 aliphatic rings. The zero-order valence-electron chi connectivity index (χ0n) is 14.4. The molecule has 0 spiro atoms. The van der Waals surface area contributed by atoms with Gasteiger partial charge >= 0.3 is 0 Å². The molecule has 6 heteroatoms. The molecule has 0 bridgehead atoms. The van der Waals surface area contributed by atoms with Crippen molar-refractivity contribution in [3.63, 3.8) is 0 Å². The topological polar surface area (TPSA) is 65.4 Å². The van der Waals surface area contributed by atoms with E-state index in [1.165, 1.54) is 0 Å². The molecule has 1 unspecified atom stereocenters. The molecule has 1 amide bonds. The molecule has 2 aromatic rings. The molecule has 1 N–H and O–H groups in total. The summed E-state index contributed by atoms with van der Waals surface area (Å²) >= 11 is 0. The molecule has 1 aromatic heterocycles. The van der Waals surface area contributed by atoms with Gasteiger partial charge in [0.05, 0.1) is 19.4 Å². The number of nitrogens with zero attached hydrogens (tertiary/aromatic N) is 2. The number of nitrogens with one attached hydrogen (secondary N) is 1. The van der Waals surface area contributed by atoms with Crippen LogP contribution in [0, 0.1) is 11.3 Å². The number of aromatic nitrogens is 2. The normalized spacial score (nSPS) is 20.3. The van der Waals surface area contributed by atoms with Crippen LogP contribution in [-0.2, 0) is 17.8 Å². The van der Waals surface area contributed by atoms with Gasteiger partial charge in [-0.25, -0.2) is 4.98 Å². The number of fused-ring (bicyclic) bond motifs is 1. The molecule has 1 aromatic carbocycles. The van der Waals surface area contributed by atoms with Gasteiger partial charge in [-0.2, -0.15) is 0 Å². The first-order valence-electron chi connectivity index (χ1n) is 8.71. The number of benzene rings is 1. The van der Waals surface area contributed by atoms with E-state index in [-0.39, 0.29) is 17.2 Å². The van der Waals surface area contributed by atoms with Crippen LogP contribution in [0.4, 0.5) is 0 Å². The van der Waals surface area contributed by atoms with E-state index < -0.39 is 0 Å². The van der Waals surface area contributed by atoms with Crippen LogP contribution in [0.2, 0.25) is 0 Å². The zero-order valence-corrected chi connectivity index (χ0v) is 14.4. The number of hydrogen-bond acceptors (Lipinski definition) is 4. The maximum Gasteiger partial charge on any atom is 0.226 e. The molecule has 6 nitrogen and oxygen atoms in total. The summed E-state index contributed by atoms with van der Waals surface area (Å²) in [6.07, 6.45) is 8.58. The van der Waals surface area contributed by atoms with Crippen molar-refractivity contribution in [2.24, 2.45) is 11.3 Å². The number of rotatable bonds is 6. The van der Waals surface area contributed by atoms with Crippen molar-refractivity contribution >= 4 is 5.91 Å². The molecule has 1 aliphatic heterocycles. The average Bonchev–Trinajstić information content (AvgIpc) is 3.21. The smallest absolute Gasteiger partial charge is 0.226 e. The predicted octanol–water partition coefficient (Wildman–Crippen LogP) is 2.04. The van der Waals surface area contributed by atoms with E-state index in [1.807, 2.05) is 30.7 Å². The number of imidazole rings is 1. The molecular formula is C19H23N3O3. The van der Waals surface area contributed by atoms with Crippen LogP contribution in [0.25, 0.3) is 0 Å². The number of carbonyl (C=O) groups is 1. The lowest BCUT2D eigenvalue weighted by atomic mass is 9.95. The minimum absolute atomic E-state index is 0.0744. The lowest BCUT2D eigenvalue weighted by molar-refractivity contribution is -0.126. The highest BCUT2D eigenvalue weighted by Gasteiger charge is 2.43. The molecule has 0 radical (unpaired) electrons. The first-order chi connectivity index (χ1) is 12.2. The molecule has 0 saturated heterocycles. The predicted molar refractivity (Wildman–Crippen MR) is 92.6 cm³/mol. The Balaban J connectivity index is 1.34. The summed E-state index contributed by atoms with van der Waals surface area (Å²) in [4.78, 5) is 16.7. The third-order valence-electron chi connectivity index (χ3n) is 5.22. The second-order valence-electron chi connectivity index (χ2n) is 7.11. The van der Waals surface area contributed by atoms with Gasteiger partial charge in [0.1, 0.15) is 6.61 Å². The first-order valence-corrected chi connectivity index (χ1v) is 8.71. The van der Waals surface area contributed by atoms with E-state index in [4.69, 9.17) is 9.47 Å². The fourth-order valence-corrected chi connectivity index (χ4v) is 3.48. The molecular weight excluding hydrogens is 318 g/mol. The maximum absolute atomic E-state index is 12.6. The molecule has 1 saturated carbocycles. The van der Waals surface area contributed by atoms with Crippen LogP contribution < -0.4 is 14.8 Å². The van der Waals surface area contributed by atoms with E-state index >= 15 is 0 Å². The number of amides is 1. The standard InChI is InChI=1S/C19H23N3O3/c1-24-16-4-2-3-14-9-15(10-25-17(14)16)18(23)21-11-19(5-6-19)12-22-8-7-20-13-22/h2-4,7-8,13,15H,5-6,9-12H2,1H3,(H,21,23). The van der Waals surface area contributed by atoms with Crippen LogP contribution >= 0.6 is 0 Å². The maximum atomic E-state index is 12.6. The molecule has 1 atom stereocenters. The van der Waals surface area contributed by atoms with Crippen molar-refractivity contribution in [3.8, 4) is 11.5 Å². The summed E-state index contributed by atoms with van der Waals surface area (Å²) in [6.45, 7) is 2.02. The van der Waals surface area contributed by atoms with Gasteiger partial charge in [0, 0.05) is 30.9 Å². The van der Waals surface area contributed by atoms with Crippen LogP contribution in [0.15, 0.2) is 36.9 Å². The van der Waals surface area contributed by atoms with E-state index in [1.54, 1.807) is 13.3 Å². The summed E-state index contributed by atoms with van der Waals surface area (Å²) in [5.41, 5.74) is 1.22. The summed E-state index contributed by atoms with van der Waals surface area (Å²) in [5, 5.41) is 3.14. The molecule has 2 heterocycles. The summed E-state index contributed by atoms with van der Waals surface area (Å²) < 4.78 is 13.2. The van der Waals surface area contributed by atoms with E-state index in [9.17, 15) is 4.79 Å². The van der Waals surface area contributed by atoms with E-state index in [0.717, 1.165) is 36.4 Å². The summed E-state index contributed by atoms with van der Waals surface area (Å²) in [5.74, 6) is 1.43. The lowest BCUT2D eigenvalue weighted by Gasteiger charge is -2.26. The Labute approximate surface area is 147 Å². The van der Waals surface area contributed by atoms with Crippen LogP contribution in [0.5, 0.6) is 11.5 Å². The Bertz CT molecular complexity index is 753. The second kappa shape index (κ2) is 6.43. The molecule has 1 aliphatic carbocycles. The first kappa shape index (κ1) is 16.0. The van der Waals surface area contributed by atoms with Crippen molar-refractivity contribution in [1.29, 1.82) is 0 Å². The zero-order chi connectivity index (χ0) is 17.3. The van der Waals surface area contributed by atoms with Crippen LogP contribution in [0.1, 0.15) is 18.4 Å². The Morgan fingerprint density at radius 3 is 3.08 bits per heavy atom. The van der Waals surface area contributed by atoms with Gasteiger partial charge in [0.15, 0.2) is 11.5 Å². The van der Waals surface area contributed by atoms with E-state index in [0.29, 0.717) is 19.6 Å². The quantitative estimate of drug-likeness (QED) is 0.873. The number of para-hydroxylation sites is 1. The largest absolute Gasteiger partial charge is 0.493 e. The molecule has 132 valence electrons. The van der Waals surface area contributed by atoms with Gasteiger partial charge in [-0.1, -0.05) is 12.1 Å². The van der Waals surface area contributed by atoms with Crippen molar-refractivity contribution in [2.45, 2.75) is 25.8 Å². The molecule has 1 fully saturated rings. The number of carbonyl (C=O) groups excluding carboxylic acids is 1. The summed E-state index contributed by atoms with van der Waals surface area (Å²) in [6, 6.07) is 5.82. The van der Waals surface area contributed by atoms with Gasteiger partial charge in [0.2, 0.25) is 5.91 Å². The second-order valence-corrected chi connectivity index (χ2v) is 7.11. The minimum Gasteiger partial charge on any atom is -0.493 e. The van der Waals surface area contributed by atoms with Gasteiger partial charge in [-0.15, -0.1) is 0 Å². The third-order valence-corrected chi connectivity index (χ3v) is 5.22. The van der Waals surface area contributed by atoms with Gasteiger partial charge in [0.25, 0.3) is 0 Å². The molecule has 4 rings (SSSR count).